The highest BCUT2D eigenvalue weighted by Crippen LogP contribution is 2.26. The Kier molecular flexibility index (Phi) is 8.26. The quantitative estimate of drug-likeness (QED) is 0.637. The number of thiophene rings is 1. The lowest BCUT2D eigenvalue weighted by atomic mass is 10.3. The van der Waals surface area contributed by atoms with Crippen LogP contribution in [0.3, 0.4) is 0 Å². The van der Waals surface area contributed by atoms with E-state index < -0.39 is 10.0 Å². The SMILES string of the molecule is CCCNCc1sc(S(=O)(=O)NC(C)CCSC)cc1C. The molecule has 2 N–H and O–H groups in total. The van der Waals surface area contributed by atoms with Gasteiger partial charge in [0.05, 0.1) is 0 Å². The summed E-state index contributed by atoms with van der Waals surface area (Å²) in [4.78, 5) is 1.10. The topological polar surface area (TPSA) is 58.2 Å². The van der Waals surface area contributed by atoms with Crippen molar-refractivity contribution in [3.63, 3.8) is 0 Å². The van der Waals surface area contributed by atoms with E-state index in [0.29, 0.717) is 4.21 Å². The molecule has 0 aliphatic carbocycles. The molecule has 1 unspecified atom stereocenters. The van der Waals surface area contributed by atoms with Gasteiger partial charge in [-0.15, -0.1) is 11.3 Å². The van der Waals surface area contributed by atoms with Crippen LogP contribution in [0.1, 0.15) is 37.1 Å². The van der Waals surface area contributed by atoms with Crippen LogP contribution in [0, 0.1) is 6.92 Å². The fraction of sp³-hybridized carbons (Fsp3) is 0.714. The van der Waals surface area contributed by atoms with E-state index in [0.717, 1.165) is 42.1 Å². The second-order valence-corrected chi connectivity index (χ2v) is 9.22. The lowest BCUT2D eigenvalue weighted by Gasteiger charge is -2.12. The second kappa shape index (κ2) is 9.15. The minimum absolute atomic E-state index is 0.0356. The van der Waals surface area contributed by atoms with Crippen LogP contribution >= 0.6 is 23.1 Å². The number of hydrogen-bond acceptors (Lipinski definition) is 5. The second-order valence-electron chi connectivity index (χ2n) is 5.15. The van der Waals surface area contributed by atoms with Crippen molar-refractivity contribution < 1.29 is 8.42 Å². The van der Waals surface area contributed by atoms with Gasteiger partial charge in [-0.05, 0) is 56.9 Å². The summed E-state index contributed by atoms with van der Waals surface area (Å²) in [5.74, 6) is 0.958. The fourth-order valence-electron chi connectivity index (χ4n) is 1.85. The molecule has 0 radical (unpaired) electrons. The Morgan fingerprint density at radius 2 is 2.14 bits per heavy atom. The van der Waals surface area contributed by atoms with Crippen LogP contribution in [0.4, 0.5) is 0 Å². The minimum atomic E-state index is -3.39. The molecule has 122 valence electrons. The molecule has 0 saturated carbocycles. The number of rotatable bonds is 10. The molecule has 0 fully saturated rings. The van der Waals surface area contributed by atoms with E-state index in [9.17, 15) is 8.42 Å². The van der Waals surface area contributed by atoms with Gasteiger partial charge < -0.3 is 5.32 Å². The molecule has 0 saturated heterocycles. The summed E-state index contributed by atoms with van der Waals surface area (Å²) >= 11 is 3.09. The van der Waals surface area contributed by atoms with E-state index in [1.165, 1.54) is 11.3 Å². The molecule has 1 heterocycles. The van der Waals surface area contributed by atoms with Crippen LogP contribution in [0.2, 0.25) is 0 Å². The zero-order valence-electron chi connectivity index (χ0n) is 13.2. The van der Waals surface area contributed by atoms with Crippen molar-refractivity contribution in [3.8, 4) is 0 Å². The van der Waals surface area contributed by atoms with Crippen molar-refractivity contribution in [2.45, 2.75) is 50.4 Å². The maximum Gasteiger partial charge on any atom is 0.250 e. The zero-order valence-corrected chi connectivity index (χ0v) is 15.7. The van der Waals surface area contributed by atoms with Gasteiger partial charge in [0.1, 0.15) is 4.21 Å². The first-order valence-electron chi connectivity index (χ1n) is 7.22. The zero-order chi connectivity index (χ0) is 15.9. The largest absolute Gasteiger partial charge is 0.312 e. The Hall–Kier alpha value is -0.0800. The van der Waals surface area contributed by atoms with Crippen molar-refractivity contribution in [1.82, 2.24) is 10.0 Å². The molecule has 0 aliphatic rings. The van der Waals surface area contributed by atoms with Gasteiger partial charge in [-0.1, -0.05) is 6.92 Å². The summed E-state index contributed by atoms with van der Waals surface area (Å²) in [6.07, 6.45) is 3.94. The first-order valence-corrected chi connectivity index (χ1v) is 10.9. The van der Waals surface area contributed by atoms with E-state index in [2.05, 4.69) is 17.0 Å². The van der Waals surface area contributed by atoms with Crippen LogP contribution in [-0.2, 0) is 16.6 Å². The fourth-order valence-corrected chi connectivity index (χ4v) is 5.29. The van der Waals surface area contributed by atoms with Gasteiger partial charge in [0.15, 0.2) is 0 Å². The van der Waals surface area contributed by atoms with Crippen LogP contribution < -0.4 is 10.0 Å². The normalized spacial score (nSPS) is 13.5. The Balaban J connectivity index is 2.72. The van der Waals surface area contributed by atoms with Crippen molar-refractivity contribution in [3.05, 3.63) is 16.5 Å². The lowest BCUT2D eigenvalue weighted by Crippen LogP contribution is -2.32. The molecule has 0 aliphatic heterocycles. The molecule has 1 aromatic heterocycles. The summed E-state index contributed by atoms with van der Waals surface area (Å²) in [6, 6.07) is 1.74. The van der Waals surface area contributed by atoms with E-state index >= 15 is 0 Å². The molecule has 1 atom stereocenters. The smallest absolute Gasteiger partial charge is 0.250 e. The molecule has 0 aromatic carbocycles. The first kappa shape index (κ1) is 19.0. The van der Waals surface area contributed by atoms with Gasteiger partial charge in [-0.2, -0.15) is 11.8 Å². The standard InChI is InChI=1S/C14H26N2O2S3/c1-5-7-15-10-13-11(2)9-14(20-13)21(17,18)16-12(3)6-8-19-4/h9,12,15-16H,5-8,10H2,1-4H3. The number of thioether (sulfide) groups is 1. The van der Waals surface area contributed by atoms with Gasteiger partial charge in [0.25, 0.3) is 0 Å². The number of hydrogen-bond donors (Lipinski definition) is 2. The highest BCUT2D eigenvalue weighted by atomic mass is 32.2. The monoisotopic (exact) mass is 350 g/mol. The molecule has 21 heavy (non-hydrogen) atoms. The Morgan fingerprint density at radius 3 is 2.76 bits per heavy atom. The van der Waals surface area contributed by atoms with Gasteiger partial charge in [-0.3, -0.25) is 0 Å². The average Bonchev–Trinajstić information content (AvgIpc) is 2.79. The highest BCUT2D eigenvalue weighted by Gasteiger charge is 2.20. The molecular formula is C14H26N2O2S3. The van der Waals surface area contributed by atoms with Crippen molar-refractivity contribution in [1.29, 1.82) is 0 Å². The van der Waals surface area contributed by atoms with Crippen molar-refractivity contribution >= 4 is 33.1 Å². The van der Waals surface area contributed by atoms with E-state index in [1.807, 2.05) is 20.1 Å². The van der Waals surface area contributed by atoms with Gasteiger partial charge >= 0.3 is 0 Å². The third kappa shape index (κ3) is 6.28. The molecule has 4 nitrogen and oxygen atoms in total. The van der Waals surface area contributed by atoms with Gasteiger partial charge in [0, 0.05) is 17.5 Å². The molecular weight excluding hydrogens is 324 g/mol. The van der Waals surface area contributed by atoms with E-state index in [-0.39, 0.29) is 6.04 Å². The summed E-state index contributed by atoms with van der Waals surface area (Å²) < 4.78 is 27.9. The molecule has 1 rings (SSSR count). The summed E-state index contributed by atoms with van der Waals surface area (Å²) in [5, 5.41) is 3.32. The first-order chi connectivity index (χ1) is 9.90. The average molecular weight is 351 g/mol. The van der Waals surface area contributed by atoms with E-state index in [4.69, 9.17) is 0 Å². The van der Waals surface area contributed by atoms with Gasteiger partial charge in [0.2, 0.25) is 10.0 Å². The van der Waals surface area contributed by atoms with Crippen molar-refractivity contribution in [2.24, 2.45) is 0 Å². The molecule has 0 amide bonds. The Labute approximate surface area is 137 Å². The summed E-state index contributed by atoms with van der Waals surface area (Å²) in [7, 11) is -3.39. The maximum atomic E-state index is 12.4. The third-order valence-corrected chi connectivity index (χ3v) is 7.03. The molecule has 0 spiro atoms. The molecule has 0 bridgehead atoms. The third-order valence-electron chi connectivity index (χ3n) is 3.09. The predicted molar refractivity (Wildman–Crippen MR) is 93.8 cm³/mol. The van der Waals surface area contributed by atoms with Crippen LogP contribution in [0.15, 0.2) is 10.3 Å². The van der Waals surface area contributed by atoms with Crippen LogP contribution in [-0.4, -0.2) is 33.0 Å². The van der Waals surface area contributed by atoms with Crippen molar-refractivity contribution in [2.75, 3.05) is 18.6 Å². The Bertz CT molecular complexity index is 526. The minimum Gasteiger partial charge on any atom is -0.312 e. The Morgan fingerprint density at radius 1 is 1.43 bits per heavy atom. The lowest BCUT2D eigenvalue weighted by molar-refractivity contribution is 0.559. The molecule has 7 heteroatoms. The highest BCUT2D eigenvalue weighted by molar-refractivity contribution is 7.98. The summed E-state index contributed by atoms with van der Waals surface area (Å²) in [6.45, 7) is 7.68. The maximum absolute atomic E-state index is 12.4. The number of sulfonamides is 1. The molecule has 1 aromatic rings. The van der Waals surface area contributed by atoms with Gasteiger partial charge in [-0.25, -0.2) is 13.1 Å². The number of aryl methyl sites for hydroxylation is 1. The number of nitrogens with one attached hydrogen (secondary N) is 2. The van der Waals surface area contributed by atoms with E-state index in [1.54, 1.807) is 17.8 Å². The predicted octanol–water partition coefficient (Wildman–Crippen LogP) is 2.98. The summed E-state index contributed by atoms with van der Waals surface area (Å²) in [5.41, 5.74) is 1.04. The van der Waals surface area contributed by atoms with Crippen LogP contribution in [0.25, 0.3) is 0 Å². The van der Waals surface area contributed by atoms with Crippen LogP contribution in [0.5, 0.6) is 0 Å².